The van der Waals surface area contributed by atoms with Crippen molar-refractivity contribution < 1.29 is 13.2 Å². The van der Waals surface area contributed by atoms with E-state index in [9.17, 15) is 13.2 Å². The predicted molar refractivity (Wildman–Crippen MR) is 46.1 cm³/mol. The molecule has 1 heterocycles. The molecule has 0 aromatic carbocycles. The molecule has 0 saturated heterocycles. The van der Waals surface area contributed by atoms with Crippen molar-refractivity contribution >= 4 is 11.6 Å². The Balaban J connectivity index is 2.41. The Labute approximate surface area is 83.2 Å². The van der Waals surface area contributed by atoms with Crippen molar-refractivity contribution in [1.82, 2.24) is 4.98 Å². The van der Waals surface area contributed by atoms with Crippen molar-refractivity contribution in [3.05, 3.63) is 41.2 Å². The maximum Gasteiger partial charge on any atom is 0.405 e. The summed E-state index contributed by atoms with van der Waals surface area (Å²) in [6.45, 7) is 0. The van der Waals surface area contributed by atoms with Gasteiger partial charge in [-0.05, 0) is 17.7 Å². The zero-order valence-electron chi connectivity index (χ0n) is 6.85. The van der Waals surface area contributed by atoms with Crippen molar-refractivity contribution in [2.75, 3.05) is 0 Å². The molecule has 0 unspecified atom stereocenters. The first kappa shape index (κ1) is 9.52. The van der Waals surface area contributed by atoms with E-state index < -0.39 is 11.6 Å². The number of halogens is 4. The molecule has 0 radical (unpaired) electrons. The maximum atomic E-state index is 12.6. The quantitative estimate of drug-likeness (QED) is 0.522. The first-order chi connectivity index (χ1) is 6.46. The number of rotatable bonds is 1. The van der Waals surface area contributed by atoms with Crippen molar-refractivity contribution in [2.24, 2.45) is 0 Å². The Morgan fingerprint density at radius 3 is 2.36 bits per heavy atom. The molecule has 1 aliphatic carbocycles. The van der Waals surface area contributed by atoms with Gasteiger partial charge in [0.1, 0.15) is 10.6 Å². The van der Waals surface area contributed by atoms with Gasteiger partial charge in [0.15, 0.2) is 0 Å². The fourth-order valence-corrected chi connectivity index (χ4v) is 1.46. The fourth-order valence-electron chi connectivity index (χ4n) is 1.29. The van der Waals surface area contributed by atoms with Gasteiger partial charge in [0.05, 0.1) is 0 Å². The lowest BCUT2D eigenvalue weighted by atomic mass is 9.94. The summed E-state index contributed by atoms with van der Waals surface area (Å²) in [5, 5.41) is 0.0693. The van der Waals surface area contributed by atoms with Gasteiger partial charge in [-0.25, -0.2) is 4.98 Å². The van der Waals surface area contributed by atoms with E-state index >= 15 is 0 Å². The fraction of sp³-hybridized carbons (Fsp3) is 0.222. The lowest BCUT2D eigenvalue weighted by molar-refractivity contribution is -0.153. The van der Waals surface area contributed by atoms with Gasteiger partial charge in [0.25, 0.3) is 0 Å². The molecule has 74 valence electrons. The molecule has 0 N–H and O–H groups in total. The highest BCUT2D eigenvalue weighted by Gasteiger charge is 2.59. The Kier molecular flexibility index (Phi) is 1.86. The van der Waals surface area contributed by atoms with Crippen molar-refractivity contribution in [2.45, 2.75) is 11.6 Å². The third-order valence-corrected chi connectivity index (χ3v) is 2.38. The molecule has 0 saturated carbocycles. The molecule has 0 fully saturated rings. The second kappa shape index (κ2) is 2.73. The molecule has 14 heavy (non-hydrogen) atoms. The minimum absolute atomic E-state index is 0.0693. The number of hydrogen-bond acceptors (Lipinski definition) is 1. The third kappa shape index (κ3) is 1.30. The second-order valence-electron chi connectivity index (χ2n) is 3.07. The molecule has 0 aliphatic heterocycles. The summed E-state index contributed by atoms with van der Waals surface area (Å²) in [5.74, 6) is 0. The van der Waals surface area contributed by atoms with Crippen LogP contribution in [0.1, 0.15) is 5.56 Å². The highest BCUT2D eigenvalue weighted by molar-refractivity contribution is 6.29. The summed E-state index contributed by atoms with van der Waals surface area (Å²) < 4.78 is 37.8. The van der Waals surface area contributed by atoms with Crippen molar-refractivity contribution in [3.8, 4) is 0 Å². The predicted octanol–water partition coefficient (Wildman–Crippen LogP) is 3.10. The molecule has 0 amide bonds. The number of aromatic nitrogens is 1. The summed E-state index contributed by atoms with van der Waals surface area (Å²) in [7, 11) is 0. The van der Waals surface area contributed by atoms with E-state index in [4.69, 9.17) is 11.6 Å². The van der Waals surface area contributed by atoms with Crippen LogP contribution in [-0.2, 0) is 5.41 Å². The van der Waals surface area contributed by atoms with Crippen LogP contribution in [0.15, 0.2) is 30.5 Å². The smallest absolute Gasteiger partial charge is 0.245 e. The second-order valence-corrected chi connectivity index (χ2v) is 3.45. The minimum Gasteiger partial charge on any atom is -0.245 e. The SMILES string of the molecule is FC(F)(F)C1(c2ccnc(Cl)c2)C=C1. The highest BCUT2D eigenvalue weighted by Crippen LogP contribution is 2.51. The van der Waals surface area contributed by atoms with Crippen LogP contribution in [-0.4, -0.2) is 11.2 Å². The maximum absolute atomic E-state index is 12.6. The Morgan fingerprint density at radius 2 is 1.93 bits per heavy atom. The van der Waals surface area contributed by atoms with Gasteiger partial charge in [-0.15, -0.1) is 0 Å². The Morgan fingerprint density at radius 1 is 1.29 bits per heavy atom. The zero-order valence-corrected chi connectivity index (χ0v) is 7.60. The normalized spacial score (nSPS) is 18.3. The summed E-state index contributed by atoms with van der Waals surface area (Å²) in [5.41, 5.74) is -1.79. The minimum atomic E-state index is -4.29. The van der Waals surface area contributed by atoms with Crippen LogP contribution in [0.25, 0.3) is 0 Å². The van der Waals surface area contributed by atoms with Gasteiger partial charge in [0.2, 0.25) is 0 Å². The summed E-state index contributed by atoms with van der Waals surface area (Å²) >= 11 is 5.52. The van der Waals surface area contributed by atoms with Gasteiger partial charge in [-0.1, -0.05) is 23.8 Å². The van der Waals surface area contributed by atoms with Crippen molar-refractivity contribution in [3.63, 3.8) is 0 Å². The molecule has 5 heteroatoms. The van der Waals surface area contributed by atoms with Crippen LogP contribution in [0.2, 0.25) is 5.15 Å². The first-order valence-corrected chi connectivity index (χ1v) is 4.23. The average Bonchev–Trinajstić information content (AvgIpc) is 2.82. The lowest BCUT2D eigenvalue weighted by Crippen LogP contribution is -2.30. The standard InChI is InChI=1S/C9H5ClF3N/c10-7-5-6(1-4-14-7)8(2-3-8)9(11,12)13/h1-5H. The number of pyridine rings is 1. The molecule has 1 nitrogen and oxygen atoms in total. The van der Waals surface area contributed by atoms with E-state index in [1.165, 1.54) is 18.3 Å². The molecular weight excluding hydrogens is 215 g/mol. The van der Waals surface area contributed by atoms with Crippen LogP contribution < -0.4 is 0 Å². The summed E-state index contributed by atoms with van der Waals surface area (Å²) in [4.78, 5) is 3.63. The Hall–Kier alpha value is -1.03. The number of allylic oxidation sites excluding steroid dienone is 2. The number of hydrogen-bond donors (Lipinski definition) is 0. The molecule has 0 spiro atoms. The molecule has 1 aromatic rings. The molecule has 1 aliphatic rings. The molecule has 1 aromatic heterocycles. The van der Waals surface area contributed by atoms with Crippen LogP contribution in [0.3, 0.4) is 0 Å². The zero-order chi connectivity index (χ0) is 10.4. The molecule has 2 rings (SSSR count). The lowest BCUT2D eigenvalue weighted by Gasteiger charge is -2.19. The van der Waals surface area contributed by atoms with E-state index in [2.05, 4.69) is 4.98 Å². The highest BCUT2D eigenvalue weighted by atomic mass is 35.5. The van der Waals surface area contributed by atoms with Gasteiger partial charge in [-0.2, -0.15) is 13.2 Å². The van der Waals surface area contributed by atoms with Crippen LogP contribution in [0.4, 0.5) is 13.2 Å². The molecular formula is C9H5ClF3N. The van der Waals surface area contributed by atoms with Gasteiger partial charge in [-0.3, -0.25) is 0 Å². The van der Waals surface area contributed by atoms with E-state index in [1.807, 2.05) is 0 Å². The largest absolute Gasteiger partial charge is 0.405 e. The van der Waals surface area contributed by atoms with Gasteiger partial charge < -0.3 is 0 Å². The van der Waals surface area contributed by atoms with Crippen molar-refractivity contribution in [1.29, 1.82) is 0 Å². The van der Waals surface area contributed by atoms with Gasteiger partial charge in [0, 0.05) is 6.20 Å². The molecule has 0 atom stereocenters. The topological polar surface area (TPSA) is 12.9 Å². The van der Waals surface area contributed by atoms with E-state index in [0.717, 1.165) is 12.2 Å². The van der Waals surface area contributed by atoms with Gasteiger partial charge >= 0.3 is 6.18 Å². The first-order valence-electron chi connectivity index (χ1n) is 3.85. The van der Waals surface area contributed by atoms with E-state index in [1.54, 1.807) is 0 Å². The Bertz CT molecular complexity index is 391. The molecule has 0 bridgehead atoms. The van der Waals surface area contributed by atoms with E-state index in [0.29, 0.717) is 0 Å². The number of nitrogens with zero attached hydrogens (tertiary/aromatic N) is 1. The number of alkyl halides is 3. The summed E-state index contributed by atoms with van der Waals surface area (Å²) in [6.07, 6.45) is -0.805. The monoisotopic (exact) mass is 219 g/mol. The third-order valence-electron chi connectivity index (χ3n) is 2.17. The van der Waals surface area contributed by atoms with Crippen LogP contribution in [0.5, 0.6) is 0 Å². The summed E-state index contributed by atoms with van der Waals surface area (Å²) in [6, 6.07) is 2.55. The van der Waals surface area contributed by atoms with Crippen LogP contribution in [0, 0.1) is 0 Å². The average molecular weight is 220 g/mol. The van der Waals surface area contributed by atoms with Crippen LogP contribution >= 0.6 is 11.6 Å². The van der Waals surface area contributed by atoms with E-state index in [-0.39, 0.29) is 10.7 Å².